The van der Waals surface area contributed by atoms with Crippen LogP contribution in [0.1, 0.15) is 37.9 Å². The summed E-state index contributed by atoms with van der Waals surface area (Å²) in [5, 5.41) is 0. The standard InChI is InChI=1S/C18H23NO/c1-18(2,3)17(19)15-11-7-8-12-16(15)20-13-14-9-5-4-6-10-14/h4-12,17H,13,19H2,1-3H3/t17-/m1/s1. The molecule has 0 radical (unpaired) electrons. The van der Waals surface area contributed by atoms with Crippen molar-refractivity contribution in [3.05, 3.63) is 65.7 Å². The van der Waals surface area contributed by atoms with E-state index in [2.05, 4.69) is 39.0 Å². The van der Waals surface area contributed by atoms with Crippen LogP contribution in [-0.4, -0.2) is 0 Å². The van der Waals surface area contributed by atoms with Crippen molar-refractivity contribution in [3.8, 4) is 5.75 Å². The summed E-state index contributed by atoms with van der Waals surface area (Å²) in [5.41, 5.74) is 8.59. The fraction of sp³-hybridized carbons (Fsp3) is 0.333. The summed E-state index contributed by atoms with van der Waals surface area (Å²) in [7, 11) is 0. The van der Waals surface area contributed by atoms with Crippen molar-refractivity contribution < 1.29 is 4.74 Å². The van der Waals surface area contributed by atoms with Gasteiger partial charge in [-0.05, 0) is 17.0 Å². The van der Waals surface area contributed by atoms with Gasteiger partial charge in [-0.15, -0.1) is 0 Å². The molecule has 0 spiro atoms. The van der Waals surface area contributed by atoms with E-state index in [0.717, 1.165) is 16.9 Å². The lowest BCUT2D eigenvalue weighted by molar-refractivity contribution is 0.280. The maximum Gasteiger partial charge on any atom is 0.124 e. The summed E-state index contributed by atoms with van der Waals surface area (Å²) in [6, 6.07) is 18.2. The Hall–Kier alpha value is -1.80. The van der Waals surface area contributed by atoms with Gasteiger partial charge in [0.15, 0.2) is 0 Å². The summed E-state index contributed by atoms with van der Waals surface area (Å²) < 4.78 is 5.96. The van der Waals surface area contributed by atoms with E-state index in [1.807, 2.05) is 36.4 Å². The van der Waals surface area contributed by atoms with Gasteiger partial charge < -0.3 is 10.5 Å². The third-order valence-corrected chi connectivity index (χ3v) is 3.42. The topological polar surface area (TPSA) is 35.2 Å². The van der Waals surface area contributed by atoms with Gasteiger partial charge in [-0.1, -0.05) is 69.3 Å². The Morgan fingerprint density at radius 1 is 0.950 bits per heavy atom. The predicted octanol–water partition coefficient (Wildman–Crippen LogP) is 4.31. The van der Waals surface area contributed by atoms with Crippen LogP contribution in [0.4, 0.5) is 0 Å². The Morgan fingerprint density at radius 3 is 2.20 bits per heavy atom. The molecule has 0 bridgehead atoms. The van der Waals surface area contributed by atoms with Gasteiger partial charge in [0.2, 0.25) is 0 Å². The first-order valence-electron chi connectivity index (χ1n) is 7.00. The van der Waals surface area contributed by atoms with Crippen LogP contribution in [0.5, 0.6) is 5.75 Å². The SMILES string of the molecule is CC(C)(C)[C@H](N)c1ccccc1OCc1ccccc1. The zero-order chi connectivity index (χ0) is 14.6. The van der Waals surface area contributed by atoms with Crippen LogP contribution < -0.4 is 10.5 Å². The van der Waals surface area contributed by atoms with E-state index in [1.54, 1.807) is 0 Å². The highest BCUT2D eigenvalue weighted by Crippen LogP contribution is 2.35. The Morgan fingerprint density at radius 2 is 1.55 bits per heavy atom. The second-order valence-corrected chi connectivity index (χ2v) is 6.16. The number of hydrogen-bond acceptors (Lipinski definition) is 2. The van der Waals surface area contributed by atoms with Crippen molar-refractivity contribution in [2.75, 3.05) is 0 Å². The zero-order valence-electron chi connectivity index (χ0n) is 12.5. The lowest BCUT2D eigenvalue weighted by Crippen LogP contribution is -2.26. The molecule has 2 heteroatoms. The molecule has 106 valence electrons. The van der Waals surface area contributed by atoms with Crippen molar-refractivity contribution in [3.63, 3.8) is 0 Å². The van der Waals surface area contributed by atoms with Gasteiger partial charge in [0.25, 0.3) is 0 Å². The van der Waals surface area contributed by atoms with E-state index in [-0.39, 0.29) is 11.5 Å². The van der Waals surface area contributed by atoms with Crippen molar-refractivity contribution in [2.24, 2.45) is 11.1 Å². The van der Waals surface area contributed by atoms with Crippen LogP contribution in [0, 0.1) is 5.41 Å². The lowest BCUT2D eigenvalue weighted by atomic mass is 9.83. The van der Waals surface area contributed by atoms with Crippen LogP contribution in [-0.2, 0) is 6.61 Å². The number of benzene rings is 2. The Bertz CT molecular complexity index is 543. The number of rotatable bonds is 4. The molecular weight excluding hydrogens is 246 g/mol. The Balaban J connectivity index is 2.16. The largest absolute Gasteiger partial charge is 0.489 e. The molecule has 0 aromatic heterocycles. The molecule has 2 aromatic rings. The van der Waals surface area contributed by atoms with Gasteiger partial charge in [-0.2, -0.15) is 0 Å². The van der Waals surface area contributed by atoms with Gasteiger partial charge in [-0.25, -0.2) is 0 Å². The molecule has 2 nitrogen and oxygen atoms in total. The lowest BCUT2D eigenvalue weighted by Gasteiger charge is -2.28. The summed E-state index contributed by atoms with van der Waals surface area (Å²) in [6.45, 7) is 7.00. The second-order valence-electron chi connectivity index (χ2n) is 6.16. The van der Waals surface area contributed by atoms with Crippen molar-refractivity contribution >= 4 is 0 Å². The van der Waals surface area contributed by atoms with E-state index >= 15 is 0 Å². The van der Waals surface area contributed by atoms with Crippen LogP contribution in [0.15, 0.2) is 54.6 Å². The minimum Gasteiger partial charge on any atom is -0.489 e. The molecule has 2 rings (SSSR count). The summed E-state index contributed by atoms with van der Waals surface area (Å²) in [6.07, 6.45) is 0. The maximum atomic E-state index is 6.36. The molecular formula is C18H23NO. The van der Waals surface area contributed by atoms with E-state index in [0.29, 0.717) is 6.61 Å². The van der Waals surface area contributed by atoms with E-state index in [9.17, 15) is 0 Å². The molecule has 0 fully saturated rings. The highest BCUT2D eigenvalue weighted by atomic mass is 16.5. The number of para-hydroxylation sites is 1. The van der Waals surface area contributed by atoms with Crippen LogP contribution in [0.3, 0.4) is 0 Å². The fourth-order valence-electron chi connectivity index (χ4n) is 2.07. The fourth-order valence-corrected chi connectivity index (χ4v) is 2.07. The Labute approximate surface area is 121 Å². The monoisotopic (exact) mass is 269 g/mol. The zero-order valence-corrected chi connectivity index (χ0v) is 12.5. The van der Waals surface area contributed by atoms with Crippen LogP contribution >= 0.6 is 0 Å². The van der Waals surface area contributed by atoms with Crippen molar-refractivity contribution in [1.82, 2.24) is 0 Å². The number of nitrogens with two attached hydrogens (primary N) is 1. The third-order valence-electron chi connectivity index (χ3n) is 3.42. The van der Waals surface area contributed by atoms with Crippen molar-refractivity contribution in [2.45, 2.75) is 33.4 Å². The van der Waals surface area contributed by atoms with Gasteiger partial charge in [0.05, 0.1) is 0 Å². The molecule has 0 heterocycles. The third kappa shape index (κ3) is 3.61. The van der Waals surface area contributed by atoms with Crippen LogP contribution in [0.25, 0.3) is 0 Å². The minimum atomic E-state index is -0.0468. The molecule has 2 N–H and O–H groups in total. The first kappa shape index (κ1) is 14.6. The number of hydrogen-bond donors (Lipinski definition) is 1. The van der Waals surface area contributed by atoms with E-state index < -0.39 is 0 Å². The van der Waals surface area contributed by atoms with Crippen molar-refractivity contribution in [1.29, 1.82) is 0 Å². The van der Waals surface area contributed by atoms with Gasteiger partial charge >= 0.3 is 0 Å². The van der Waals surface area contributed by atoms with Gasteiger partial charge in [0.1, 0.15) is 12.4 Å². The summed E-state index contributed by atoms with van der Waals surface area (Å²) >= 11 is 0. The molecule has 2 aromatic carbocycles. The highest BCUT2D eigenvalue weighted by molar-refractivity contribution is 5.37. The van der Waals surface area contributed by atoms with Gasteiger partial charge in [0, 0.05) is 11.6 Å². The molecule has 0 aliphatic carbocycles. The first-order chi connectivity index (χ1) is 9.48. The predicted molar refractivity (Wildman–Crippen MR) is 83.6 cm³/mol. The quantitative estimate of drug-likeness (QED) is 0.897. The minimum absolute atomic E-state index is 0.00616. The average molecular weight is 269 g/mol. The molecule has 0 saturated carbocycles. The normalized spacial score (nSPS) is 13.0. The highest BCUT2D eigenvalue weighted by Gasteiger charge is 2.24. The molecule has 0 amide bonds. The molecule has 0 saturated heterocycles. The molecule has 20 heavy (non-hydrogen) atoms. The maximum absolute atomic E-state index is 6.36. The average Bonchev–Trinajstić information content (AvgIpc) is 2.45. The smallest absolute Gasteiger partial charge is 0.124 e. The Kier molecular flexibility index (Phi) is 4.46. The molecule has 0 unspecified atom stereocenters. The summed E-state index contributed by atoms with van der Waals surface area (Å²) in [5.74, 6) is 0.874. The second kappa shape index (κ2) is 6.10. The molecule has 0 aliphatic rings. The first-order valence-corrected chi connectivity index (χ1v) is 7.00. The van der Waals surface area contributed by atoms with Gasteiger partial charge in [-0.3, -0.25) is 0 Å². The summed E-state index contributed by atoms with van der Waals surface area (Å²) in [4.78, 5) is 0. The molecule has 0 aliphatic heterocycles. The van der Waals surface area contributed by atoms with Crippen LogP contribution in [0.2, 0.25) is 0 Å². The van der Waals surface area contributed by atoms with E-state index in [4.69, 9.17) is 10.5 Å². The number of ether oxygens (including phenoxy) is 1. The molecule has 1 atom stereocenters. The van der Waals surface area contributed by atoms with E-state index in [1.165, 1.54) is 0 Å².